The fourth-order valence-electron chi connectivity index (χ4n) is 0.669. The molecule has 12 heavy (non-hydrogen) atoms. The third kappa shape index (κ3) is 2.42. The van der Waals surface area contributed by atoms with Crippen LogP contribution in [-0.4, -0.2) is 0 Å². The molecule has 0 heterocycles. The topological polar surface area (TPSA) is 24.4 Å². The van der Waals surface area contributed by atoms with Gasteiger partial charge in [0, 0.05) is 11.2 Å². The van der Waals surface area contributed by atoms with E-state index in [1.165, 1.54) is 0 Å². The van der Waals surface area contributed by atoms with Crippen molar-refractivity contribution in [2.24, 2.45) is 4.47 Å². The number of nitrogens with zero attached hydrogens (tertiary/aromatic N) is 1. The highest BCUT2D eigenvalue weighted by atomic mass is 35.5. The first-order valence-corrected chi connectivity index (χ1v) is 5.40. The maximum atomic E-state index is 5.82. The van der Waals surface area contributed by atoms with Gasteiger partial charge < -0.3 is 0 Å². The summed E-state index contributed by atoms with van der Waals surface area (Å²) in [5, 5.41) is 1.05. The van der Waals surface area contributed by atoms with Gasteiger partial charge in [-0.1, -0.05) is 29.3 Å². The minimum absolute atomic E-state index is 0.523. The molecule has 0 amide bonds. The average Bonchev–Trinajstić information content (AvgIpc) is 2.04. The highest BCUT2D eigenvalue weighted by Crippen LogP contribution is 2.29. The maximum absolute atomic E-state index is 5.82. The summed E-state index contributed by atoms with van der Waals surface area (Å²) in [7, 11) is 0.894. The predicted octanol–water partition coefficient (Wildman–Crippen LogP) is 3.05. The molecule has 1 aromatic carbocycles. The van der Waals surface area contributed by atoms with Crippen molar-refractivity contribution in [1.82, 2.24) is 0 Å². The molecule has 1 aromatic rings. The van der Waals surface area contributed by atoms with Crippen LogP contribution in [0, 0.1) is 0 Å². The summed E-state index contributed by atoms with van der Waals surface area (Å²) in [4.78, 5) is 0. The van der Waals surface area contributed by atoms with Crippen LogP contribution >= 0.6 is 23.2 Å². The van der Waals surface area contributed by atoms with Gasteiger partial charge in [0.2, 0.25) is 0 Å². The van der Waals surface area contributed by atoms with Crippen LogP contribution in [0.15, 0.2) is 22.7 Å². The van der Waals surface area contributed by atoms with Gasteiger partial charge in [0.15, 0.2) is 0 Å². The number of rotatable bonds is 2. The smallest absolute Gasteiger partial charge is 0.0944 e. The largest absolute Gasteiger partial charge is 0.264 e. The van der Waals surface area contributed by atoms with Crippen LogP contribution in [0.5, 0.6) is 0 Å². The van der Waals surface area contributed by atoms with Gasteiger partial charge in [0.1, 0.15) is 0 Å². The second-order valence-electron chi connectivity index (χ2n) is 1.87. The maximum Gasteiger partial charge on any atom is 0.0944 e. The molecule has 0 radical (unpaired) electrons. The van der Waals surface area contributed by atoms with Gasteiger partial charge in [-0.15, -0.1) is 4.47 Å². The van der Waals surface area contributed by atoms with E-state index in [4.69, 9.17) is 23.2 Å². The zero-order valence-corrected chi connectivity index (χ0v) is 8.90. The molecule has 1 rings (SSSR count). The van der Waals surface area contributed by atoms with Gasteiger partial charge >= 0.3 is 0 Å². The van der Waals surface area contributed by atoms with Crippen molar-refractivity contribution in [3.8, 4) is 0 Å². The van der Waals surface area contributed by atoms with Crippen molar-refractivity contribution in [2.45, 2.75) is 0 Å². The molecule has 0 bridgehead atoms. The standard InChI is InChI=1S/C6H4Cl2N2S2/c7-4-2-1-3-5(8)6(4)9-10-12-11/h1-3,9H. The molecule has 0 saturated heterocycles. The van der Waals surface area contributed by atoms with E-state index >= 15 is 0 Å². The quantitative estimate of drug-likeness (QED) is 0.802. The van der Waals surface area contributed by atoms with Crippen molar-refractivity contribution < 1.29 is 0 Å². The Bertz CT molecular complexity index is 316. The summed E-state index contributed by atoms with van der Waals surface area (Å²) in [6, 6.07) is 5.20. The molecule has 6 heteroatoms. The van der Waals surface area contributed by atoms with E-state index in [9.17, 15) is 0 Å². The van der Waals surface area contributed by atoms with Crippen molar-refractivity contribution >= 4 is 50.2 Å². The number of halogens is 2. The summed E-state index contributed by atoms with van der Waals surface area (Å²) in [6.07, 6.45) is 0. The first-order chi connectivity index (χ1) is 5.75. The van der Waals surface area contributed by atoms with E-state index in [0.717, 1.165) is 10.1 Å². The molecule has 0 spiro atoms. The van der Waals surface area contributed by atoms with Crippen LogP contribution in [-0.2, 0) is 21.3 Å². The van der Waals surface area contributed by atoms with Crippen molar-refractivity contribution in [3.63, 3.8) is 0 Å². The summed E-state index contributed by atoms with van der Waals surface area (Å²) in [5.41, 5.74) is 3.23. The molecule has 0 atom stereocenters. The van der Waals surface area contributed by atoms with Crippen LogP contribution in [0.3, 0.4) is 0 Å². The zero-order chi connectivity index (χ0) is 8.97. The predicted molar refractivity (Wildman–Crippen MR) is 57.2 cm³/mol. The molecule has 0 aliphatic rings. The van der Waals surface area contributed by atoms with Crippen LogP contribution in [0.1, 0.15) is 0 Å². The number of para-hydroxylation sites is 1. The van der Waals surface area contributed by atoms with Crippen molar-refractivity contribution in [1.29, 1.82) is 0 Å². The lowest BCUT2D eigenvalue weighted by Gasteiger charge is -2.02. The summed E-state index contributed by atoms with van der Waals surface area (Å²) < 4.78 is 3.68. The normalized spacial score (nSPS) is 9.17. The lowest BCUT2D eigenvalue weighted by Crippen LogP contribution is -1.88. The average molecular weight is 239 g/mol. The molecule has 0 aliphatic carbocycles. The Hall–Kier alpha value is -0.160. The lowest BCUT2D eigenvalue weighted by molar-refractivity contribution is 1.39. The minimum Gasteiger partial charge on any atom is -0.264 e. The molecule has 64 valence electrons. The zero-order valence-electron chi connectivity index (χ0n) is 5.75. The minimum atomic E-state index is 0.523. The molecule has 0 saturated carbocycles. The third-order valence-electron chi connectivity index (χ3n) is 1.16. The number of hydrogen-bond acceptors (Lipinski definition) is 2. The second kappa shape index (κ2) is 4.77. The van der Waals surface area contributed by atoms with Gasteiger partial charge in [0.05, 0.1) is 25.9 Å². The van der Waals surface area contributed by atoms with E-state index in [-0.39, 0.29) is 0 Å². The number of nitrogens with one attached hydrogen (secondary N) is 1. The van der Waals surface area contributed by atoms with Crippen molar-refractivity contribution in [2.75, 3.05) is 5.43 Å². The van der Waals surface area contributed by atoms with Gasteiger partial charge in [-0.25, -0.2) is 0 Å². The lowest BCUT2D eigenvalue weighted by atomic mass is 10.3. The van der Waals surface area contributed by atoms with Crippen LogP contribution in [0.25, 0.3) is 0 Å². The molecule has 0 fully saturated rings. The summed E-state index contributed by atoms with van der Waals surface area (Å²) >= 11 is 16.2. The Morgan fingerprint density at radius 2 is 1.92 bits per heavy atom. The molecule has 0 aromatic heterocycles. The first kappa shape index (κ1) is 9.92. The van der Waals surface area contributed by atoms with E-state index in [1.807, 2.05) is 0 Å². The fraction of sp³-hybridized carbons (Fsp3) is 0. The first-order valence-electron chi connectivity index (χ1n) is 2.94. The molecule has 0 aliphatic heterocycles. The second-order valence-corrected chi connectivity index (χ2v) is 3.47. The molecular weight excluding hydrogens is 235 g/mol. The van der Waals surface area contributed by atoms with Crippen molar-refractivity contribution in [3.05, 3.63) is 28.2 Å². The fourth-order valence-corrected chi connectivity index (χ4v) is 1.39. The van der Waals surface area contributed by atoms with Crippen LogP contribution in [0.4, 0.5) is 5.69 Å². The number of anilines is 1. The Labute approximate surface area is 88.2 Å². The summed E-state index contributed by atoms with van der Waals surface area (Å²) in [5.74, 6) is 0. The molecule has 0 unspecified atom stereocenters. The Balaban J connectivity index is 3.03. The SMILES string of the molecule is S=S=NNc1c(Cl)cccc1Cl. The van der Waals surface area contributed by atoms with E-state index < -0.39 is 0 Å². The Morgan fingerprint density at radius 3 is 2.42 bits per heavy atom. The molecule has 1 N–H and O–H groups in total. The monoisotopic (exact) mass is 238 g/mol. The summed E-state index contributed by atoms with van der Waals surface area (Å²) in [6.45, 7) is 0. The molecule has 2 nitrogen and oxygen atoms in total. The van der Waals surface area contributed by atoms with E-state index in [1.54, 1.807) is 18.2 Å². The van der Waals surface area contributed by atoms with Gasteiger partial charge in [-0.2, -0.15) is 0 Å². The van der Waals surface area contributed by atoms with Gasteiger partial charge in [0.25, 0.3) is 0 Å². The van der Waals surface area contributed by atoms with Gasteiger partial charge in [-0.05, 0) is 12.1 Å². The van der Waals surface area contributed by atoms with Gasteiger partial charge in [-0.3, -0.25) is 5.43 Å². The van der Waals surface area contributed by atoms with E-state index in [0.29, 0.717) is 15.7 Å². The van der Waals surface area contributed by atoms with E-state index in [2.05, 4.69) is 21.1 Å². The Kier molecular flexibility index (Phi) is 3.94. The van der Waals surface area contributed by atoms with Crippen LogP contribution < -0.4 is 5.43 Å². The highest BCUT2D eigenvalue weighted by Gasteiger charge is 2.02. The number of benzene rings is 1. The van der Waals surface area contributed by atoms with Crippen LogP contribution in [0.2, 0.25) is 10.0 Å². The number of hydrogen-bond donors (Lipinski definition) is 1. The highest BCUT2D eigenvalue weighted by molar-refractivity contribution is 8.12. The molecular formula is C6H4Cl2N2S2. The third-order valence-corrected chi connectivity index (χ3v) is 2.18. The Morgan fingerprint density at radius 1 is 1.33 bits per heavy atom.